The Hall–Kier alpha value is -1.99. The summed E-state index contributed by atoms with van der Waals surface area (Å²) in [6.07, 6.45) is 8.66. The van der Waals surface area contributed by atoms with Gasteiger partial charge in [-0.1, -0.05) is 12.1 Å². The SMILES string of the molecule is Cc1cnc(N2CCC([C@H]3C[C@H]3COCc3ccc(S(C)(=O)=O)cc3)CC2)nc1. The van der Waals surface area contributed by atoms with Crippen molar-refractivity contribution in [2.75, 3.05) is 30.9 Å². The van der Waals surface area contributed by atoms with Crippen molar-refractivity contribution in [3.63, 3.8) is 0 Å². The molecule has 29 heavy (non-hydrogen) atoms. The van der Waals surface area contributed by atoms with E-state index in [1.807, 2.05) is 31.5 Å². The summed E-state index contributed by atoms with van der Waals surface area (Å²) in [6.45, 7) is 5.40. The minimum absolute atomic E-state index is 0.353. The molecule has 7 heteroatoms. The molecule has 0 bridgehead atoms. The summed E-state index contributed by atoms with van der Waals surface area (Å²) >= 11 is 0. The first-order chi connectivity index (χ1) is 13.9. The average Bonchev–Trinajstić information content (AvgIpc) is 3.48. The minimum Gasteiger partial charge on any atom is -0.376 e. The van der Waals surface area contributed by atoms with Gasteiger partial charge in [-0.25, -0.2) is 18.4 Å². The smallest absolute Gasteiger partial charge is 0.225 e. The van der Waals surface area contributed by atoms with Crippen LogP contribution >= 0.6 is 0 Å². The van der Waals surface area contributed by atoms with Crippen LogP contribution in [0.1, 0.15) is 30.4 Å². The number of nitrogens with zero attached hydrogens (tertiary/aromatic N) is 3. The van der Waals surface area contributed by atoms with Crippen molar-refractivity contribution in [2.24, 2.45) is 17.8 Å². The molecule has 2 atom stereocenters. The van der Waals surface area contributed by atoms with Crippen molar-refractivity contribution in [3.8, 4) is 0 Å². The Bertz CT molecular complexity index is 921. The third-order valence-corrected chi connectivity index (χ3v) is 7.25. The summed E-state index contributed by atoms with van der Waals surface area (Å²) in [5.41, 5.74) is 2.11. The van der Waals surface area contributed by atoms with E-state index in [0.717, 1.165) is 48.6 Å². The normalized spacial score (nSPS) is 22.6. The number of aryl methyl sites for hydroxylation is 1. The molecule has 4 rings (SSSR count). The van der Waals surface area contributed by atoms with Crippen LogP contribution in [0.3, 0.4) is 0 Å². The Balaban J connectivity index is 1.18. The molecule has 2 fully saturated rings. The van der Waals surface area contributed by atoms with E-state index in [4.69, 9.17) is 4.74 Å². The number of piperidine rings is 1. The van der Waals surface area contributed by atoms with Gasteiger partial charge in [0, 0.05) is 31.7 Å². The molecule has 156 valence electrons. The van der Waals surface area contributed by atoms with Crippen LogP contribution in [0.4, 0.5) is 5.95 Å². The molecule has 1 aliphatic heterocycles. The number of anilines is 1. The molecule has 1 saturated heterocycles. The van der Waals surface area contributed by atoms with Crippen molar-refractivity contribution in [3.05, 3.63) is 47.8 Å². The zero-order valence-corrected chi connectivity index (χ0v) is 17.9. The highest BCUT2D eigenvalue weighted by Crippen LogP contribution is 2.48. The van der Waals surface area contributed by atoms with Crippen LogP contribution in [-0.2, 0) is 21.2 Å². The summed E-state index contributed by atoms with van der Waals surface area (Å²) in [7, 11) is -3.14. The molecule has 1 aliphatic carbocycles. The highest BCUT2D eigenvalue weighted by Gasteiger charge is 2.43. The van der Waals surface area contributed by atoms with Gasteiger partial charge in [0.05, 0.1) is 18.1 Å². The van der Waals surface area contributed by atoms with Gasteiger partial charge in [0.25, 0.3) is 0 Å². The zero-order valence-electron chi connectivity index (χ0n) is 17.1. The van der Waals surface area contributed by atoms with E-state index in [0.29, 0.717) is 17.4 Å². The number of rotatable bonds is 7. The van der Waals surface area contributed by atoms with Gasteiger partial charge in [-0.3, -0.25) is 0 Å². The molecule has 1 aromatic heterocycles. The van der Waals surface area contributed by atoms with Gasteiger partial charge in [-0.2, -0.15) is 0 Å². The maximum absolute atomic E-state index is 11.5. The largest absolute Gasteiger partial charge is 0.376 e. The first kappa shape index (κ1) is 20.3. The van der Waals surface area contributed by atoms with Crippen molar-refractivity contribution in [1.29, 1.82) is 0 Å². The summed E-state index contributed by atoms with van der Waals surface area (Å²) in [5, 5.41) is 0. The lowest BCUT2D eigenvalue weighted by molar-refractivity contribution is 0.104. The first-order valence-corrected chi connectivity index (χ1v) is 12.2. The number of ether oxygens (including phenoxy) is 1. The molecule has 0 spiro atoms. The van der Waals surface area contributed by atoms with Crippen LogP contribution < -0.4 is 4.90 Å². The van der Waals surface area contributed by atoms with Gasteiger partial charge >= 0.3 is 0 Å². The van der Waals surface area contributed by atoms with E-state index >= 15 is 0 Å². The highest BCUT2D eigenvalue weighted by atomic mass is 32.2. The molecule has 2 aliphatic rings. The Labute approximate surface area is 173 Å². The number of sulfone groups is 1. The third-order valence-electron chi connectivity index (χ3n) is 6.12. The van der Waals surface area contributed by atoms with Crippen molar-refractivity contribution in [1.82, 2.24) is 9.97 Å². The molecule has 1 aromatic carbocycles. The highest BCUT2D eigenvalue weighted by molar-refractivity contribution is 7.90. The number of benzene rings is 1. The fourth-order valence-electron chi connectivity index (χ4n) is 4.28. The van der Waals surface area contributed by atoms with E-state index in [1.165, 1.54) is 25.5 Å². The molecule has 1 saturated carbocycles. The van der Waals surface area contributed by atoms with Crippen LogP contribution in [0.2, 0.25) is 0 Å². The Morgan fingerprint density at radius 3 is 2.38 bits per heavy atom. The second kappa shape index (κ2) is 8.40. The molecule has 0 radical (unpaired) electrons. The first-order valence-electron chi connectivity index (χ1n) is 10.3. The molecular weight excluding hydrogens is 386 g/mol. The van der Waals surface area contributed by atoms with Gasteiger partial charge < -0.3 is 9.64 Å². The predicted molar refractivity (Wildman–Crippen MR) is 113 cm³/mol. The fourth-order valence-corrected chi connectivity index (χ4v) is 4.91. The van der Waals surface area contributed by atoms with E-state index in [1.54, 1.807) is 12.1 Å². The van der Waals surface area contributed by atoms with Crippen LogP contribution in [0.15, 0.2) is 41.6 Å². The third kappa shape index (κ3) is 5.14. The zero-order chi connectivity index (χ0) is 20.4. The van der Waals surface area contributed by atoms with E-state index in [2.05, 4.69) is 14.9 Å². The summed E-state index contributed by atoms with van der Waals surface area (Å²) in [6, 6.07) is 6.98. The second-order valence-electron chi connectivity index (χ2n) is 8.48. The van der Waals surface area contributed by atoms with Gasteiger partial charge in [-0.15, -0.1) is 0 Å². The topological polar surface area (TPSA) is 72.4 Å². The lowest BCUT2D eigenvalue weighted by Crippen LogP contribution is -2.35. The number of aromatic nitrogens is 2. The van der Waals surface area contributed by atoms with E-state index < -0.39 is 9.84 Å². The average molecular weight is 416 g/mol. The summed E-state index contributed by atoms with van der Waals surface area (Å²) in [4.78, 5) is 11.6. The number of hydrogen-bond donors (Lipinski definition) is 0. The van der Waals surface area contributed by atoms with Crippen molar-refractivity contribution < 1.29 is 13.2 Å². The Kier molecular flexibility index (Phi) is 5.88. The van der Waals surface area contributed by atoms with Crippen molar-refractivity contribution >= 4 is 15.8 Å². The molecule has 2 aromatic rings. The lowest BCUT2D eigenvalue weighted by atomic mass is 9.91. The van der Waals surface area contributed by atoms with Crippen LogP contribution in [0.25, 0.3) is 0 Å². The molecular formula is C22H29N3O3S. The van der Waals surface area contributed by atoms with Crippen LogP contribution in [0, 0.1) is 24.7 Å². The molecule has 6 nitrogen and oxygen atoms in total. The maximum atomic E-state index is 11.5. The maximum Gasteiger partial charge on any atom is 0.225 e. The molecule has 0 N–H and O–H groups in total. The second-order valence-corrected chi connectivity index (χ2v) is 10.5. The van der Waals surface area contributed by atoms with Gasteiger partial charge in [-0.05, 0) is 67.2 Å². The monoisotopic (exact) mass is 415 g/mol. The standard InChI is InChI=1S/C22H29N3O3S/c1-16-12-23-22(24-13-16)25-9-7-18(8-10-25)21-11-19(21)15-28-14-17-3-5-20(6-4-17)29(2,26)27/h3-6,12-13,18-19,21H,7-11,14-15H2,1-2H3/t19-,21+/m0/s1. The summed E-state index contributed by atoms with van der Waals surface area (Å²) < 4.78 is 28.9. The molecule has 0 unspecified atom stereocenters. The van der Waals surface area contributed by atoms with Crippen LogP contribution in [0.5, 0.6) is 0 Å². The van der Waals surface area contributed by atoms with Crippen LogP contribution in [-0.4, -0.2) is 44.3 Å². The quantitative estimate of drug-likeness (QED) is 0.691. The predicted octanol–water partition coefficient (Wildman–Crippen LogP) is 3.26. The minimum atomic E-state index is -3.14. The fraction of sp³-hybridized carbons (Fsp3) is 0.545. The lowest BCUT2D eigenvalue weighted by Gasteiger charge is -2.32. The van der Waals surface area contributed by atoms with E-state index in [9.17, 15) is 8.42 Å². The Morgan fingerprint density at radius 1 is 1.10 bits per heavy atom. The molecule has 2 heterocycles. The number of hydrogen-bond acceptors (Lipinski definition) is 6. The van der Waals surface area contributed by atoms with Gasteiger partial charge in [0.1, 0.15) is 0 Å². The van der Waals surface area contributed by atoms with E-state index in [-0.39, 0.29) is 0 Å². The summed E-state index contributed by atoms with van der Waals surface area (Å²) in [5.74, 6) is 3.08. The Morgan fingerprint density at radius 2 is 1.76 bits per heavy atom. The molecule has 0 amide bonds. The van der Waals surface area contributed by atoms with Crippen molar-refractivity contribution in [2.45, 2.75) is 37.7 Å². The van der Waals surface area contributed by atoms with Gasteiger partial charge in [0.15, 0.2) is 9.84 Å². The van der Waals surface area contributed by atoms with Gasteiger partial charge in [0.2, 0.25) is 5.95 Å².